The molecule has 0 spiro atoms. The highest BCUT2D eigenvalue weighted by Gasteiger charge is 2.21. The molecule has 0 bridgehead atoms. The molecular weight excluding hydrogens is 336 g/mol. The third-order valence-corrected chi connectivity index (χ3v) is 5.37. The quantitative estimate of drug-likeness (QED) is 0.564. The van der Waals surface area contributed by atoms with Crippen LogP contribution < -0.4 is 4.90 Å². The van der Waals surface area contributed by atoms with E-state index in [1.54, 1.807) is 6.33 Å². The Bertz CT molecular complexity index is 1090. The van der Waals surface area contributed by atoms with E-state index in [1.807, 2.05) is 12.1 Å². The van der Waals surface area contributed by atoms with E-state index in [0.717, 1.165) is 61.0 Å². The number of piperazine rings is 1. The molecule has 1 saturated heterocycles. The molecule has 0 radical (unpaired) electrons. The summed E-state index contributed by atoms with van der Waals surface area (Å²) < 4.78 is 2.17. The fourth-order valence-corrected chi connectivity index (χ4v) is 3.96. The van der Waals surface area contributed by atoms with Gasteiger partial charge in [0.05, 0.1) is 16.7 Å². The largest absolute Gasteiger partial charge is 0.353 e. The highest BCUT2D eigenvalue weighted by Crippen LogP contribution is 2.24. The van der Waals surface area contributed by atoms with E-state index in [0.29, 0.717) is 0 Å². The standard InChI is InChI=1S/C21H22N6/c1-16-24-19(20-8-4-5-9-27(16)20)14-25-10-12-26(13-11-25)21-17-6-2-3-7-18(17)22-15-23-21/h2-9,15H,10-14H2,1H3. The molecule has 1 aliphatic heterocycles. The number of hydrogen-bond acceptors (Lipinski definition) is 5. The lowest BCUT2D eigenvalue weighted by atomic mass is 10.2. The van der Waals surface area contributed by atoms with Crippen LogP contribution in [0.25, 0.3) is 16.4 Å². The first-order valence-corrected chi connectivity index (χ1v) is 9.39. The van der Waals surface area contributed by atoms with Crippen molar-refractivity contribution >= 4 is 22.2 Å². The number of fused-ring (bicyclic) bond motifs is 2. The summed E-state index contributed by atoms with van der Waals surface area (Å²) in [5.74, 6) is 2.09. The Morgan fingerprint density at radius 3 is 2.63 bits per heavy atom. The van der Waals surface area contributed by atoms with E-state index in [1.165, 1.54) is 5.52 Å². The predicted molar refractivity (Wildman–Crippen MR) is 107 cm³/mol. The highest BCUT2D eigenvalue weighted by atomic mass is 15.3. The fraction of sp³-hybridized carbons (Fsp3) is 0.286. The molecule has 0 N–H and O–H groups in total. The average Bonchev–Trinajstić information content (AvgIpc) is 3.04. The Morgan fingerprint density at radius 2 is 1.74 bits per heavy atom. The number of benzene rings is 1. The molecule has 0 atom stereocenters. The maximum Gasteiger partial charge on any atom is 0.139 e. The van der Waals surface area contributed by atoms with Crippen LogP contribution in [0.2, 0.25) is 0 Å². The van der Waals surface area contributed by atoms with Crippen LogP contribution in [0.15, 0.2) is 55.0 Å². The van der Waals surface area contributed by atoms with Gasteiger partial charge in [0.15, 0.2) is 0 Å². The number of rotatable bonds is 3. The lowest BCUT2D eigenvalue weighted by Gasteiger charge is -2.35. The van der Waals surface area contributed by atoms with E-state index in [-0.39, 0.29) is 0 Å². The number of para-hydroxylation sites is 1. The van der Waals surface area contributed by atoms with Gasteiger partial charge in [0.2, 0.25) is 0 Å². The van der Waals surface area contributed by atoms with Crippen molar-refractivity contribution in [2.45, 2.75) is 13.5 Å². The van der Waals surface area contributed by atoms with E-state index in [2.05, 4.69) is 67.6 Å². The Labute approximate surface area is 158 Å². The van der Waals surface area contributed by atoms with Crippen LogP contribution >= 0.6 is 0 Å². The second-order valence-electron chi connectivity index (χ2n) is 7.04. The number of imidazole rings is 1. The summed E-state index contributed by atoms with van der Waals surface area (Å²) in [4.78, 5) is 18.6. The first kappa shape index (κ1) is 16.2. The lowest BCUT2D eigenvalue weighted by Crippen LogP contribution is -2.46. The zero-order valence-corrected chi connectivity index (χ0v) is 15.4. The first-order valence-electron chi connectivity index (χ1n) is 9.39. The van der Waals surface area contributed by atoms with Crippen LogP contribution in [0.3, 0.4) is 0 Å². The molecule has 1 fully saturated rings. The smallest absolute Gasteiger partial charge is 0.139 e. The number of aromatic nitrogens is 4. The monoisotopic (exact) mass is 358 g/mol. The van der Waals surface area contributed by atoms with Crippen molar-refractivity contribution in [3.8, 4) is 0 Å². The molecule has 5 rings (SSSR count). The molecule has 0 saturated carbocycles. The van der Waals surface area contributed by atoms with Gasteiger partial charge in [-0.25, -0.2) is 15.0 Å². The van der Waals surface area contributed by atoms with E-state index >= 15 is 0 Å². The van der Waals surface area contributed by atoms with Crippen molar-refractivity contribution < 1.29 is 0 Å². The molecule has 4 heterocycles. The molecule has 6 heteroatoms. The lowest BCUT2D eigenvalue weighted by molar-refractivity contribution is 0.248. The summed E-state index contributed by atoms with van der Waals surface area (Å²) in [5, 5.41) is 1.13. The summed E-state index contributed by atoms with van der Waals surface area (Å²) in [7, 11) is 0. The number of nitrogens with zero attached hydrogens (tertiary/aromatic N) is 6. The number of hydrogen-bond donors (Lipinski definition) is 0. The molecule has 0 aliphatic carbocycles. The molecular formula is C21H22N6. The minimum atomic E-state index is 0.889. The fourth-order valence-electron chi connectivity index (χ4n) is 3.96. The summed E-state index contributed by atoms with van der Waals surface area (Å²) in [6, 6.07) is 14.5. The van der Waals surface area contributed by atoms with Crippen molar-refractivity contribution in [3.63, 3.8) is 0 Å². The molecule has 0 unspecified atom stereocenters. The van der Waals surface area contributed by atoms with Gasteiger partial charge >= 0.3 is 0 Å². The topological polar surface area (TPSA) is 49.6 Å². The van der Waals surface area contributed by atoms with E-state index in [9.17, 15) is 0 Å². The zero-order valence-electron chi connectivity index (χ0n) is 15.4. The summed E-state index contributed by atoms with van der Waals surface area (Å²) in [6.07, 6.45) is 3.75. The molecule has 1 aromatic carbocycles. The summed E-state index contributed by atoms with van der Waals surface area (Å²) in [5.41, 5.74) is 3.37. The van der Waals surface area contributed by atoms with Crippen molar-refractivity contribution in [1.82, 2.24) is 24.3 Å². The van der Waals surface area contributed by atoms with Gasteiger partial charge in [-0.3, -0.25) is 4.90 Å². The Balaban J connectivity index is 1.33. The number of aryl methyl sites for hydroxylation is 1. The minimum Gasteiger partial charge on any atom is -0.353 e. The van der Waals surface area contributed by atoms with Crippen LogP contribution in [-0.4, -0.2) is 50.4 Å². The van der Waals surface area contributed by atoms with Crippen LogP contribution in [0, 0.1) is 6.92 Å². The second kappa shape index (κ2) is 6.63. The van der Waals surface area contributed by atoms with Crippen LogP contribution in [0.4, 0.5) is 5.82 Å². The molecule has 136 valence electrons. The van der Waals surface area contributed by atoms with Crippen molar-refractivity contribution in [3.05, 3.63) is 66.5 Å². The summed E-state index contributed by atoms with van der Waals surface area (Å²) >= 11 is 0. The minimum absolute atomic E-state index is 0.889. The van der Waals surface area contributed by atoms with Crippen LogP contribution in [-0.2, 0) is 6.54 Å². The average molecular weight is 358 g/mol. The van der Waals surface area contributed by atoms with Crippen LogP contribution in [0.1, 0.15) is 11.5 Å². The highest BCUT2D eigenvalue weighted by molar-refractivity contribution is 5.89. The van der Waals surface area contributed by atoms with Gasteiger partial charge in [0.1, 0.15) is 18.0 Å². The SMILES string of the molecule is Cc1nc(CN2CCN(c3ncnc4ccccc34)CC2)c2ccccn12. The molecule has 27 heavy (non-hydrogen) atoms. The third-order valence-electron chi connectivity index (χ3n) is 5.37. The predicted octanol–water partition coefficient (Wildman–Crippen LogP) is 2.91. The van der Waals surface area contributed by atoms with Gasteiger partial charge in [-0.1, -0.05) is 18.2 Å². The third kappa shape index (κ3) is 2.92. The number of anilines is 1. The van der Waals surface area contributed by atoms with Gasteiger partial charge < -0.3 is 9.30 Å². The molecule has 0 amide bonds. The molecule has 4 aromatic rings. The van der Waals surface area contributed by atoms with E-state index < -0.39 is 0 Å². The summed E-state index contributed by atoms with van der Waals surface area (Å²) in [6.45, 7) is 6.89. The van der Waals surface area contributed by atoms with Gasteiger partial charge in [-0.05, 0) is 31.2 Å². The number of pyridine rings is 1. The Hall–Kier alpha value is -2.99. The Morgan fingerprint density at radius 1 is 0.926 bits per heavy atom. The first-order chi connectivity index (χ1) is 13.3. The Kier molecular flexibility index (Phi) is 3.98. The van der Waals surface area contributed by atoms with Gasteiger partial charge in [0, 0.05) is 44.3 Å². The zero-order chi connectivity index (χ0) is 18.2. The van der Waals surface area contributed by atoms with Crippen molar-refractivity contribution in [2.24, 2.45) is 0 Å². The van der Waals surface area contributed by atoms with Gasteiger partial charge in [0.25, 0.3) is 0 Å². The molecule has 1 aliphatic rings. The van der Waals surface area contributed by atoms with Crippen LogP contribution in [0.5, 0.6) is 0 Å². The molecule has 3 aromatic heterocycles. The van der Waals surface area contributed by atoms with Gasteiger partial charge in [-0.15, -0.1) is 0 Å². The normalized spacial score (nSPS) is 15.7. The van der Waals surface area contributed by atoms with Gasteiger partial charge in [-0.2, -0.15) is 0 Å². The second-order valence-corrected chi connectivity index (χ2v) is 7.04. The van der Waals surface area contributed by atoms with Crippen molar-refractivity contribution in [1.29, 1.82) is 0 Å². The van der Waals surface area contributed by atoms with E-state index in [4.69, 9.17) is 4.98 Å². The molecule has 6 nitrogen and oxygen atoms in total. The maximum atomic E-state index is 4.79. The maximum absolute atomic E-state index is 4.79. The van der Waals surface area contributed by atoms with Crippen molar-refractivity contribution in [2.75, 3.05) is 31.1 Å².